The number of rotatable bonds is 8. The van der Waals surface area contributed by atoms with Gasteiger partial charge in [0.1, 0.15) is 0 Å². The highest BCUT2D eigenvalue weighted by atomic mass is 35.5. The molecule has 194 valence electrons. The molecule has 0 aromatic heterocycles. The number of carbonyl (C=O) groups is 1. The first-order chi connectivity index (χ1) is 17.0. The molecule has 3 N–H and O–H groups in total. The van der Waals surface area contributed by atoms with Gasteiger partial charge in [0, 0.05) is 21.3 Å². The van der Waals surface area contributed by atoms with E-state index in [1.54, 1.807) is 23.5 Å². The van der Waals surface area contributed by atoms with Gasteiger partial charge in [0.05, 0.1) is 12.2 Å². The van der Waals surface area contributed by atoms with Crippen molar-refractivity contribution in [3.8, 4) is 0 Å². The van der Waals surface area contributed by atoms with Crippen LogP contribution in [0, 0.1) is 0 Å². The predicted molar refractivity (Wildman–Crippen MR) is 156 cm³/mol. The first-order valence-electron chi connectivity index (χ1n) is 12.4. The van der Waals surface area contributed by atoms with Crippen molar-refractivity contribution in [1.29, 1.82) is 0 Å². The van der Waals surface area contributed by atoms with Crippen LogP contribution in [0.1, 0.15) is 55.9 Å². The summed E-state index contributed by atoms with van der Waals surface area (Å²) in [5, 5.41) is 3.68. The second-order valence-electron chi connectivity index (χ2n) is 9.77. The Bertz CT molecular complexity index is 1240. The molecule has 0 unspecified atom stereocenters. The normalized spacial score (nSPS) is 12.0. The van der Waals surface area contributed by atoms with Crippen molar-refractivity contribution >= 4 is 44.6 Å². The lowest BCUT2D eigenvalue weighted by Gasteiger charge is -2.26. The van der Waals surface area contributed by atoms with Gasteiger partial charge in [-0.25, -0.2) is 4.79 Å². The van der Waals surface area contributed by atoms with E-state index in [2.05, 4.69) is 31.3 Å². The zero-order chi connectivity index (χ0) is 26.6. The molecule has 7 heteroatoms. The van der Waals surface area contributed by atoms with E-state index in [9.17, 15) is 9.00 Å². The quantitative estimate of drug-likeness (QED) is 0.217. The average molecular weight is 528 g/mol. The van der Waals surface area contributed by atoms with E-state index < -0.39 is 9.93 Å². The van der Waals surface area contributed by atoms with Gasteiger partial charge in [0.2, 0.25) is 0 Å². The van der Waals surface area contributed by atoms with Gasteiger partial charge < -0.3 is 11.1 Å². The minimum atomic E-state index is -2.36. The third kappa shape index (κ3) is 6.29. The Labute approximate surface area is 221 Å². The monoisotopic (exact) mass is 527 g/mol. The smallest absolute Gasteiger partial charge is 0.326 e. The summed E-state index contributed by atoms with van der Waals surface area (Å²) in [5.74, 6) is 0.390. The minimum Gasteiger partial charge on any atom is -0.398 e. The summed E-state index contributed by atoms with van der Waals surface area (Å²) < 4.78 is 12.4. The maximum absolute atomic E-state index is 13.8. The van der Waals surface area contributed by atoms with Gasteiger partial charge >= 0.3 is 6.03 Å². The number of nitrogens with two attached hydrogens (primary N) is 1. The minimum absolute atomic E-state index is 0.265. The van der Waals surface area contributed by atoms with Crippen molar-refractivity contribution in [2.24, 2.45) is 0 Å². The van der Waals surface area contributed by atoms with Crippen molar-refractivity contribution in [1.82, 2.24) is 0 Å². The maximum atomic E-state index is 13.8. The number of thiol groups is 1. The van der Waals surface area contributed by atoms with Crippen molar-refractivity contribution in [3.05, 3.63) is 81.9 Å². The number of benzene rings is 3. The van der Waals surface area contributed by atoms with Gasteiger partial charge in [-0.1, -0.05) is 73.5 Å². The molecule has 3 aromatic rings. The van der Waals surface area contributed by atoms with Crippen LogP contribution in [0.25, 0.3) is 0 Å². The highest BCUT2D eigenvalue weighted by Crippen LogP contribution is 2.35. The van der Waals surface area contributed by atoms with Gasteiger partial charge in [0.25, 0.3) is 0 Å². The second-order valence-corrected chi connectivity index (χ2v) is 13.4. The lowest BCUT2D eigenvalue weighted by Crippen LogP contribution is -2.35. The van der Waals surface area contributed by atoms with Crippen LogP contribution in [0.2, 0.25) is 5.02 Å². The Morgan fingerprint density at radius 3 is 2.08 bits per heavy atom. The van der Waals surface area contributed by atoms with Crippen LogP contribution in [0.5, 0.6) is 0 Å². The first kappa shape index (κ1) is 27.8. The molecule has 0 fully saturated rings. The van der Waals surface area contributed by atoms with Crippen LogP contribution in [-0.2, 0) is 29.3 Å². The molecule has 0 atom stereocenters. The molecule has 3 rings (SSSR count). The average Bonchev–Trinajstić information content (AvgIpc) is 2.82. The van der Waals surface area contributed by atoms with Gasteiger partial charge in [-0.15, -0.1) is 0 Å². The number of urea groups is 1. The Morgan fingerprint density at radius 2 is 1.58 bits per heavy atom. The molecule has 0 saturated carbocycles. The molecule has 2 amide bonds. The SMILES string of the molecule is CCc1c(N)cc(Cl)c(CC)c1NC(=O)N(Cc1ccc([SH](C)(C)=O)cc1)c1ccc(C(C)C)cc1. The lowest BCUT2D eigenvalue weighted by atomic mass is 10.0. The lowest BCUT2D eigenvalue weighted by molar-refractivity contribution is 0.256. The van der Waals surface area contributed by atoms with Crippen LogP contribution in [-0.4, -0.2) is 22.8 Å². The largest absolute Gasteiger partial charge is 0.398 e. The van der Waals surface area contributed by atoms with Crippen LogP contribution >= 0.6 is 11.6 Å². The number of hydrogen-bond donors (Lipinski definition) is 3. The summed E-state index contributed by atoms with van der Waals surface area (Å²) in [5.41, 5.74) is 12.2. The topological polar surface area (TPSA) is 75.4 Å². The van der Waals surface area contributed by atoms with Crippen LogP contribution in [0.15, 0.2) is 59.5 Å². The zero-order valence-electron chi connectivity index (χ0n) is 22.1. The second kappa shape index (κ2) is 11.5. The number of amides is 2. The molecule has 0 bridgehead atoms. The molecule has 3 aromatic carbocycles. The Balaban J connectivity index is 2.02. The van der Waals surface area contributed by atoms with E-state index in [0.717, 1.165) is 27.3 Å². The summed E-state index contributed by atoms with van der Waals surface area (Å²) >= 11 is 6.50. The Kier molecular flexibility index (Phi) is 8.85. The fourth-order valence-corrected chi connectivity index (χ4v) is 5.48. The summed E-state index contributed by atoms with van der Waals surface area (Å²) in [7, 11) is -2.36. The van der Waals surface area contributed by atoms with E-state index >= 15 is 0 Å². The van der Waals surface area contributed by atoms with Crippen LogP contribution < -0.4 is 16.0 Å². The molecule has 5 nitrogen and oxygen atoms in total. The molecule has 0 radical (unpaired) electrons. The molecule has 36 heavy (non-hydrogen) atoms. The van der Waals surface area contributed by atoms with Crippen molar-refractivity contribution in [2.75, 3.05) is 28.5 Å². The first-order valence-corrected chi connectivity index (χ1v) is 15.4. The number of carbonyl (C=O) groups excluding carboxylic acids is 1. The van der Waals surface area contributed by atoms with Crippen molar-refractivity contribution in [2.45, 2.75) is 57.9 Å². The van der Waals surface area contributed by atoms with Gasteiger partial charge in [0.15, 0.2) is 0 Å². The van der Waals surface area contributed by atoms with Gasteiger partial charge in [-0.3, -0.25) is 9.11 Å². The fraction of sp³-hybridized carbons (Fsp3) is 0.345. The number of nitrogens with zero attached hydrogens (tertiary/aromatic N) is 1. The third-order valence-corrected chi connectivity index (χ3v) is 8.36. The van der Waals surface area contributed by atoms with Gasteiger partial charge in [-0.05, 0) is 83.9 Å². The zero-order valence-corrected chi connectivity index (χ0v) is 23.7. The molecule has 0 aliphatic rings. The fourth-order valence-electron chi connectivity index (χ4n) is 4.27. The van der Waals surface area contributed by atoms with Gasteiger partial charge in [-0.2, -0.15) is 0 Å². The number of halogens is 1. The van der Waals surface area contributed by atoms with E-state index in [4.69, 9.17) is 17.3 Å². The number of anilines is 3. The van der Waals surface area contributed by atoms with Crippen LogP contribution in [0.3, 0.4) is 0 Å². The van der Waals surface area contributed by atoms with E-state index in [1.165, 1.54) is 5.56 Å². The van der Waals surface area contributed by atoms with E-state index in [-0.39, 0.29) is 6.03 Å². The third-order valence-electron chi connectivity index (χ3n) is 6.48. The van der Waals surface area contributed by atoms with Crippen LogP contribution in [0.4, 0.5) is 21.9 Å². The molecule has 0 spiro atoms. The molecule has 0 aliphatic heterocycles. The maximum Gasteiger partial charge on any atom is 0.326 e. The summed E-state index contributed by atoms with van der Waals surface area (Å²) in [6.45, 7) is 8.66. The van der Waals surface area contributed by atoms with E-state index in [0.29, 0.717) is 41.7 Å². The summed E-state index contributed by atoms with van der Waals surface area (Å²) in [4.78, 5) is 16.3. The van der Waals surface area contributed by atoms with E-state index in [1.807, 2.05) is 50.2 Å². The van der Waals surface area contributed by atoms with Crippen molar-refractivity contribution in [3.63, 3.8) is 0 Å². The molecule has 0 heterocycles. The highest BCUT2D eigenvalue weighted by molar-refractivity contribution is 8.01. The summed E-state index contributed by atoms with van der Waals surface area (Å²) in [6, 6.07) is 17.2. The standard InChI is InChI=1S/C29H38ClN3O2S/c1-7-24-26(30)17-27(31)25(8-2)28(24)32-29(34)33(22-13-11-21(12-14-22)19(3)4)18-20-9-15-23(16-10-20)36(5,6)35/h9-17,19,36H,7-8,18,31H2,1-6H3,(H,32,34). The summed E-state index contributed by atoms with van der Waals surface area (Å²) in [6.07, 6.45) is 4.85. The number of nitrogen functional groups attached to an aromatic ring is 1. The molecular weight excluding hydrogens is 490 g/mol. The molecular formula is C29H38ClN3O2S. The molecule has 0 saturated heterocycles. The number of nitrogens with one attached hydrogen (secondary N) is 1. The van der Waals surface area contributed by atoms with Crippen molar-refractivity contribution < 1.29 is 9.00 Å². The Morgan fingerprint density at radius 1 is 1.00 bits per heavy atom. The number of hydrogen-bond acceptors (Lipinski definition) is 3. The Hall–Kier alpha value is -2.83. The molecule has 0 aliphatic carbocycles. The predicted octanol–water partition coefficient (Wildman–Crippen LogP) is 7.04. The highest BCUT2D eigenvalue weighted by Gasteiger charge is 2.22.